The number of aryl methyl sites for hydroxylation is 2. The Morgan fingerprint density at radius 1 is 0.895 bits per heavy atom. The minimum atomic E-state index is -0.253. The van der Waals surface area contributed by atoms with Gasteiger partial charge in [0, 0.05) is 19.2 Å². The monoisotopic (exact) mass is 547 g/mol. The third-order valence-corrected chi connectivity index (χ3v) is 6.87. The van der Waals surface area contributed by atoms with E-state index < -0.39 is 0 Å². The molecule has 8 heteroatoms. The average molecular weight is 549 g/mol. The Balaban J connectivity index is 1.37. The molecule has 196 valence electrons. The normalized spacial score (nSPS) is 11.7. The largest absolute Gasteiger partial charge is 0.366 e. The molecule has 0 fully saturated rings. The smallest absolute Gasteiger partial charge is 0.220 e. The van der Waals surface area contributed by atoms with E-state index in [4.69, 9.17) is 23.2 Å². The van der Waals surface area contributed by atoms with E-state index in [9.17, 15) is 4.79 Å². The molecule has 0 saturated heterocycles. The second-order valence-electron chi connectivity index (χ2n) is 9.11. The molecule has 0 saturated carbocycles. The number of benzene rings is 2. The molecule has 38 heavy (non-hydrogen) atoms. The van der Waals surface area contributed by atoms with Gasteiger partial charge in [-0.3, -0.25) is 9.78 Å². The molecule has 0 aliphatic rings. The lowest BCUT2D eigenvalue weighted by molar-refractivity contribution is -0.121. The Bertz CT molecular complexity index is 1320. The van der Waals surface area contributed by atoms with Crippen molar-refractivity contribution in [2.24, 2.45) is 0 Å². The maximum Gasteiger partial charge on any atom is 0.220 e. The van der Waals surface area contributed by atoms with E-state index in [0.717, 1.165) is 31.2 Å². The van der Waals surface area contributed by atoms with Crippen molar-refractivity contribution in [1.82, 2.24) is 20.3 Å². The number of anilines is 1. The molecule has 4 aromatic rings. The Hall–Kier alpha value is -3.48. The number of pyridine rings is 1. The van der Waals surface area contributed by atoms with Crippen molar-refractivity contribution < 1.29 is 4.79 Å². The lowest BCUT2D eigenvalue weighted by atomic mass is 10.0. The van der Waals surface area contributed by atoms with E-state index in [-0.39, 0.29) is 11.9 Å². The van der Waals surface area contributed by atoms with Gasteiger partial charge >= 0.3 is 0 Å². The number of nitrogens with zero attached hydrogens (tertiary/aromatic N) is 3. The Morgan fingerprint density at radius 2 is 1.63 bits per heavy atom. The molecular weight excluding hydrogens is 517 g/mol. The fraction of sp³-hybridized carbons (Fsp3) is 0.267. The number of nitrogens with one attached hydrogen (secondary N) is 2. The third kappa shape index (κ3) is 8.01. The van der Waals surface area contributed by atoms with Crippen LogP contribution >= 0.6 is 23.2 Å². The highest BCUT2D eigenvalue weighted by atomic mass is 35.5. The van der Waals surface area contributed by atoms with Crippen LogP contribution in [-0.2, 0) is 11.2 Å². The van der Waals surface area contributed by atoms with Crippen molar-refractivity contribution >= 4 is 34.9 Å². The van der Waals surface area contributed by atoms with Gasteiger partial charge < -0.3 is 10.6 Å². The summed E-state index contributed by atoms with van der Waals surface area (Å²) in [6, 6.07) is 23.6. The Labute approximate surface area is 233 Å². The summed E-state index contributed by atoms with van der Waals surface area (Å²) in [6.07, 6.45) is 6.00. The van der Waals surface area contributed by atoms with Crippen molar-refractivity contribution in [2.75, 3.05) is 11.9 Å². The maximum absolute atomic E-state index is 12.8. The lowest BCUT2D eigenvalue weighted by Gasteiger charge is -2.21. The number of unbranched alkanes of at least 4 members (excludes halogenated alkanes) is 2. The fourth-order valence-corrected chi connectivity index (χ4v) is 4.40. The zero-order valence-electron chi connectivity index (χ0n) is 21.3. The number of aromatic nitrogens is 3. The van der Waals surface area contributed by atoms with Crippen LogP contribution in [0.3, 0.4) is 0 Å². The number of hydrogen-bond donors (Lipinski definition) is 2. The molecule has 0 unspecified atom stereocenters. The molecule has 0 aliphatic heterocycles. The van der Waals surface area contributed by atoms with Gasteiger partial charge in [-0.2, -0.15) is 0 Å². The van der Waals surface area contributed by atoms with Gasteiger partial charge in [-0.05, 0) is 49.4 Å². The van der Waals surface area contributed by atoms with Gasteiger partial charge in [0.05, 0.1) is 16.8 Å². The number of amides is 1. The molecule has 0 bridgehead atoms. The van der Waals surface area contributed by atoms with Crippen LogP contribution in [0.1, 0.15) is 48.5 Å². The minimum absolute atomic E-state index is 0.0244. The summed E-state index contributed by atoms with van der Waals surface area (Å²) >= 11 is 12.5. The van der Waals surface area contributed by atoms with Crippen molar-refractivity contribution in [3.63, 3.8) is 0 Å². The highest BCUT2D eigenvalue weighted by Gasteiger charge is 2.17. The van der Waals surface area contributed by atoms with Gasteiger partial charge in [-0.15, -0.1) is 0 Å². The van der Waals surface area contributed by atoms with E-state index >= 15 is 0 Å². The minimum Gasteiger partial charge on any atom is -0.366 e. The summed E-state index contributed by atoms with van der Waals surface area (Å²) in [5.74, 6) is 0.959. The number of carbonyl (C=O) groups is 1. The SMILES string of the molecule is Cc1nc(-c2ccc(Cl)cn2)nc(NC[C@H](NC(=O)CCCCCc2ccccc2)c2ccccc2)c1Cl. The zero-order valence-corrected chi connectivity index (χ0v) is 22.8. The standard InChI is InChI=1S/C30H31Cl2N5O/c1-21-28(32)30(37-29(35-21)25-18-17-24(31)19-33-25)34-20-26(23-14-8-4-9-15-23)36-27(38)16-10-3-7-13-22-11-5-2-6-12-22/h2,4-6,8-9,11-12,14-15,17-19,26H,3,7,10,13,16,20H2,1H3,(H,36,38)(H,34,35,37)/t26-/m0/s1. The Kier molecular flexibility index (Phi) is 10.1. The summed E-state index contributed by atoms with van der Waals surface area (Å²) in [5.41, 5.74) is 3.56. The molecule has 0 spiro atoms. The first-order chi connectivity index (χ1) is 18.5. The molecule has 1 atom stereocenters. The Morgan fingerprint density at radius 3 is 2.34 bits per heavy atom. The molecule has 4 rings (SSSR count). The highest BCUT2D eigenvalue weighted by molar-refractivity contribution is 6.33. The second-order valence-corrected chi connectivity index (χ2v) is 9.93. The molecule has 2 heterocycles. The number of rotatable bonds is 12. The number of hydrogen-bond acceptors (Lipinski definition) is 5. The van der Waals surface area contributed by atoms with Gasteiger partial charge in [0.25, 0.3) is 0 Å². The van der Waals surface area contributed by atoms with Crippen LogP contribution in [0, 0.1) is 6.92 Å². The average Bonchev–Trinajstić information content (AvgIpc) is 2.94. The molecule has 0 radical (unpaired) electrons. The summed E-state index contributed by atoms with van der Waals surface area (Å²) in [6.45, 7) is 2.23. The number of halogens is 2. The van der Waals surface area contributed by atoms with E-state index in [1.165, 1.54) is 5.56 Å². The second kappa shape index (κ2) is 13.9. The fourth-order valence-electron chi connectivity index (χ4n) is 4.14. The van der Waals surface area contributed by atoms with Crippen LogP contribution in [0.5, 0.6) is 0 Å². The molecule has 0 aliphatic carbocycles. The molecule has 2 N–H and O–H groups in total. The van der Waals surface area contributed by atoms with Gasteiger partial charge in [0.15, 0.2) is 5.82 Å². The zero-order chi connectivity index (χ0) is 26.7. The summed E-state index contributed by atoms with van der Waals surface area (Å²) in [7, 11) is 0. The first kappa shape index (κ1) is 27.6. The number of carbonyl (C=O) groups excluding carboxylic acids is 1. The topological polar surface area (TPSA) is 79.8 Å². The van der Waals surface area contributed by atoms with Crippen molar-refractivity contribution in [3.05, 3.63) is 106 Å². The van der Waals surface area contributed by atoms with Gasteiger partial charge in [0.2, 0.25) is 5.91 Å². The van der Waals surface area contributed by atoms with E-state index in [1.54, 1.807) is 18.3 Å². The van der Waals surface area contributed by atoms with Crippen LogP contribution in [-0.4, -0.2) is 27.4 Å². The van der Waals surface area contributed by atoms with Crippen LogP contribution < -0.4 is 10.6 Å². The maximum atomic E-state index is 12.8. The van der Waals surface area contributed by atoms with Crippen molar-refractivity contribution in [2.45, 2.75) is 45.1 Å². The summed E-state index contributed by atoms with van der Waals surface area (Å²) in [4.78, 5) is 26.2. The van der Waals surface area contributed by atoms with Crippen LogP contribution in [0.2, 0.25) is 10.0 Å². The summed E-state index contributed by atoms with van der Waals surface area (Å²) in [5, 5.41) is 7.47. The van der Waals surface area contributed by atoms with Crippen LogP contribution in [0.25, 0.3) is 11.5 Å². The van der Waals surface area contributed by atoms with E-state index in [2.05, 4.69) is 49.9 Å². The molecule has 6 nitrogen and oxygen atoms in total. The summed E-state index contributed by atoms with van der Waals surface area (Å²) < 4.78 is 0. The first-order valence-corrected chi connectivity index (χ1v) is 13.5. The van der Waals surface area contributed by atoms with Crippen LogP contribution in [0.15, 0.2) is 79.0 Å². The van der Waals surface area contributed by atoms with Crippen LogP contribution in [0.4, 0.5) is 5.82 Å². The lowest BCUT2D eigenvalue weighted by Crippen LogP contribution is -2.33. The molecular formula is C30H31Cl2N5O. The van der Waals surface area contributed by atoms with E-state index in [0.29, 0.717) is 46.0 Å². The third-order valence-electron chi connectivity index (χ3n) is 6.20. The van der Waals surface area contributed by atoms with Crippen molar-refractivity contribution in [3.8, 4) is 11.5 Å². The predicted molar refractivity (Wildman–Crippen MR) is 154 cm³/mol. The molecule has 1 amide bonds. The molecule has 2 aromatic carbocycles. The van der Waals surface area contributed by atoms with Gasteiger partial charge in [-0.1, -0.05) is 90.3 Å². The van der Waals surface area contributed by atoms with Gasteiger partial charge in [0.1, 0.15) is 16.5 Å². The van der Waals surface area contributed by atoms with Gasteiger partial charge in [-0.25, -0.2) is 9.97 Å². The quantitative estimate of drug-likeness (QED) is 0.183. The van der Waals surface area contributed by atoms with Crippen molar-refractivity contribution in [1.29, 1.82) is 0 Å². The molecule has 2 aromatic heterocycles. The predicted octanol–water partition coefficient (Wildman–Crippen LogP) is 7.23. The van der Waals surface area contributed by atoms with E-state index in [1.807, 2.05) is 43.3 Å². The highest BCUT2D eigenvalue weighted by Crippen LogP contribution is 2.27. The first-order valence-electron chi connectivity index (χ1n) is 12.8.